The maximum Gasteiger partial charge on any atom is 0.271 e. The lowest BCUT2D eigenvalue weighted by Gasteiger charge is -2.07. The van der Waals surface area contributed by atoms with E-state index in [1.807, 2.05) is 13.8 Å². The monoisotopic (exact) mass is 519 g/mol. The Balaban J connectivity index is 0.00000247. The van der Waals surface area contributed by atoms with Crippen LogP contribution in [0.1, 0.15) is 48.2 Å². The summed E-state index contributed by atoms with van der Waals surface area (Å²) in [6.07, 6.45) is 7.13. The molecular weight excluding hydrogens is 486 g/mol. The smallest absolute Gasteiger partial charge is 0.271 e. The maximum atomic E-state index is 12.2. The van der Waals surface area contributed by atoms with Crippen molar-refractivity contribution in [2.45, 2.75) is 26.7 Å². The van der Waals surface area contributed by atoms with Gasteiger partial charge in [0.15, 0.2) is 0 Å². The van der Waals surface area contributed by atoms with E-state index in [4.69, 9.17) is 9.47 Å². The third kappa shape index (κ3) is 10.4. The number of hydrogen-bond acceptors (Lipinski definition) is 9. The highest BCUT2D eigenvalue weighted by Gasteiger charge is 2.04. The fourth-order valence-electron chi connectivity index (χ4n) is 2.86. The van der Waals surface area contributed by atoms with Crippen molar-refractivity contribution in [3.8, 4) is 11.8 Å². The molecule has 1 aromatic carbocycles. The number of aromatic nitrogens is 2. The van der Waals surface area contributed by atoms with Crippen molar-refractivity contribution in [1.82, 2.24) is 20.8 Å². The zero-order chi connectivity index (χ0) is 27.6. The second-order valence-electron chi connectivity index (χ2n) is 7.37. The molecule has 2 aromatic heterocycles. The van der Waals surface area contributed by atoms with Crippen molar-refractivity contribution in [2.75, 3.05) is 26.1 Å². The summed E-state index contributed by atoms with van der Waals surface area (Å²) in [5.74, 6) is 0.491. The first-order valence-corrected chi connectivity index (χ1v) is 12.1. The van der Waals surface area contributed by atoms with Crippen LogP contribution in [0.25, 0.3) is 0 Å². The lowest BCUT2D eigenvalue weighted by Crippen LogP contribution is -2.18. The highest BCUT2D eigenvalue weighted by molar-refractivity contribution is 5.95. The van der Waals surface area contributed by atoms with E-state index in [1.165, 1.54) is 19.5 Å². The molecule has 200 valence electrons. The second-order valence-corrected chi connectivity index (χ2v) is 7.37. The number of benzene rings is 1. The van der Waals surface area contributed by atoms with E-state index in [9.17, 15) is 9.59 Å². The summed E-state index contributed by atoms with van der Waals surface area (Å²) in [6.45, 7) is 4.59. The Labute approximate surface area is 222 Å². The van der Waals surface area contributed by atoms with Gasteiger partial charge in [0.05, 0.1) is 26.6 Å². The molecule has 11 nitrogen and oxygen atoms in total. The van der Waals surface area contributed by atoms with Crippen LogP contribution in [0.2, 0.25) is 0 Å². The highest BCUT2D eigenvalue weighted by atomic mass is 16.5. The fraction of sp³-hybridized carbons (Fsp3) is 0.259. The molecule has 2 heterocycles. The minimum atomic E-state index is -0.332. The zero-order valence-electron chi connectivity index (χ0n) is 22.0. The number of carbonyl (C=O) groups excluding carboxylic acids is 2. The summed E-state index contributed by atoms with van der Waals surface area (Å²) in [4.78, 5) is 32.3. The first kappa shape index (κ1) is 29.4. The van der Waals surface area contributed by atoms with Gasteiger partial charge in [-0.15, -0.1) is 0 Å². The Morgan fingerprint density at radius 1 is 0.816 bits per heavy atom. The van der Waals surface area contributed by atoms with E-state index in [2.05, 4.69) is 36.3 Å². The van der Waals surface area contributed by atoms with Crippen LogP contribution in [0.5, 0.6) is 11.8 Å². The van der Waals surface area contributed by atoms with E-state index in [0.29, 0.717) is 36.7 Å². The molecule has 11 heteroatoms. The molecule has 3 aromatic rings. The van der Waals surface area contributed by atoms with Crippen LogP contribution in [-0.2, 0) is 4.79 Å². The molecule has 38 heavy (non-hydrogen) atoms. The summed E-state index contributed by atoms with van der Waals surface area (Å²) >= 11 is 0. The number of amides is 2. The fourth-order valence-corrected chi connectivity index (χ4v) is 2.86. The number of rotatable bonds is 12. The lowest BCUT2D eigenvalue weighted by atomic mass is 10.2. The Morgan fingerprint density at radius 2 is 1.37 bits per heavy atom. The number of ether oxygens (including phenoxy) is 2. The quantitative estimate of drug-likeness (QED) is 0.189. The minimum Gasteiger partial charge on any atom is -0.481 e. The largest absolute Gasteiger partial charge is 0.481 e. The molecule has 0 radical (unpaired) electrons. The molecule has 0 saturated heterocycles. The van der Waals surface area contributed by atoms with Gasteiger partial charge in [0.25, 0.3) is 5.91 Å². The summed E-state index contributed by atoms with van der Waals surface area (Å²) in [7, 11) is 3.08. The Hall–Kier alpha value is -4.80. The first-order valence-electron chi connectivity index (χ1n) is 12.1. The van der Waals surface area contributed by atoms with E-state index >= 15 is 0 Å². The van der Waals surface area contributed by atoms with Crippen molar-refractivity contribution < 1.29 is 19.1 Å². The molecule has 0 saturated carbocycles. The minimum absolute atomic E-state index is 0.187. The van der Waals surface area contributed by atoms with Crippen LogP contribution in [-0.4, -0.2) is 55.0 Å². The number of carbonyl (C=O) groups is 2. The number of hydrazone groups is 2. The molecule has 3 N–H and O–H groups in total. The van der Waals surface area contributed by atoms with Crippen molar-refractivity contribution in [1.29, 1.82) is 0 Å². The van der Waals surface area contributed by atoms with Gasteiger partial charge in [0.2, 0.25) is 17.7 Å². The molecule has 0 unspecified atom stereocenters. The van der Waals surface area contributed by atoms with Crippen molar-refractivity contribution in [3.63, 3.8) is 0 Å². The standard InChI is InChI=1S/C25H27N7O4.C2H6/c1-35-23-11-5-18(14-27-23)16-29-31-22(33)4-3-13-26-21-9-7-20(8-10-21)25(34)32-30-17-19-6-12-24(36-2)28-15-19;1-2/h5-12,14-17,26H,3-4,13H2,1-2H3,(H,31,33)(H,32,34);1-2H3/b29-16+,30-17+;. The molecule has 0 aliphatic heterocycles. The van der Waals surface area contributed by atoms with E-state index in [1.54, 1.807) is 68.0 Å². The molecule has 0 spiro atoms. The predicted molar refractivity (Wildman–Crippen MR) is 148 cm³/mol. The number of nitrogens with one attached hydrogen (secondary N) is 3. The normalized spacial score (nSPS) is 10.4. The molecule has 0 aliphatic carbocycles. The van der Waals surface area contributed by atoms with Gasteiger partial charge in [-0.2, -0.15) is 10.2 Å². The van der Waals surface area contributed by atoms with Crippen LogP contribution >= 0.6 is 0 Å². The highest BCUT2D eigenvalue weighted by Crippen LogP contribution is 2.10. The summed E-state index contributed by atoms with van der Waals surface area (Å²) in [5, 5.41) is 11.1. The number of anilines is 1. The third-order valence-electron chi connectivity index (χ3n) is 4.78. The second kappa shape index (κ2) is 16.8. The molecule has 0 atom stereocenters. The van der Waals surface area contributed by atoms with Gasteiger partial charge in [0, 0.05) is 59.9 Å². The van der Waals surface area contributed by atoms with Crippen molar-refractivity contribution >= 4 is 29.9 Å². The molecule has 2 amide bonds. The molecule has 0 fully saturated rings. The van der Waals surface area contributed by atoms with Crippen LogP contribution < -0.4 is 25.6 Å². The van der Waals surface area contributed by atoms with E-state index in [0.717, 1.165) is 16.8 Å². The Kier molecular flexibility index (Phi) is 13.0. The SMILES string of the molecule is CC.COc1ccc(/C=N/NC(=O)CCCNc2ccc(C(=O)N/N=C/c3ccc(OC)nc3)cc2)cn1. The van der Waals surface area contributed by atoms with Gasteiger partial charge in [-0.3, -0.25) is 9.59 Å². The molecular formula is C27H33N7O4. The van der Waals surface area contributed by atoms with Gasteiger partial charge in [-0.25, -0.2) is 20.8 Å². The van der Waals surface area contributed by atoms with E-state index < -0.39 is 0 Å². The first-order chi connectivity index (χ1) is 18.6. The van der Waals surface area contributed by atoms with Crippen LogP contribution in [0, 0.1) is 0 Å². The van der Waals surface area contributed by atoms with Gasteiger partial charge in [0.1, 0.15) is 0 Å². The topological polar surface area (TPSA) is 139 Å². The number of nitrogens with zero attached hydrogens (tertiary/aromatic N) is 4. The summed E-state index contributed by atoms with van der Waals surface area (Å²) < 4.78 is 9.99. The average Bonchev–Trinajstić information content (AvgIpc) is 2.97. The van der Waals surface area contributed by atoms with Crippen LogP contribution in [0.3, 0.4) is 0 Å². The molecule has 0 aliphatic rings. The van der Waals surface area contributed by atoms with Crippen LogP contribution in [0.4, 0.5) is 5.69 Å². The zero-order valence-corrected chi connectivity index (χ0v) is 22.0. The number of hydrogen-bond donors (Lipinski definition) is 3. The lowest BCUT2D eigenvalue weighted by molar-refractivity contribution is -0.121. The van der Waals surface area contributed by atoms with Gasteiger partial charge in [-0.1, -0.05) is 13.8 Å². The number of methoxy groups -OCH3 is 2. The Bertz CT molecular complexity index is 1180. The average molecular weight is 520 g/mol. The van der Waals surface area contributed by atoms with Gasteiger partial charge >= 0.3 is 0 Å². The number of pyridine rings is 2. The third-order valence-corrected chi connectivity index (χ3v) is 4.78. The predicted octanol–water partition coefficient (Wildman–Crippen LogP) is 3.63. The van der Waals surface area contributed by atoms with Crippen LogP contribution in [0.15, 0.2) is 71.1 Å². The summed E-state index contributed by atoms with van der Waals surface area (Å²) in [6, 6.07) is 13.9. The van der Waals surface area contributed by atoms with E-state index in [-0.39, 0.29) is 11.8 Å². The maximum absolute atomic E-state index is 12.2. The van der Waals surface area contributed by atoms with Crippen molar-refractivity contribution in [3.05, 3.63) is 77.6 Å². The molecule has 0 bridgehead atoms. The van der Waals surface area contributed by atoms with Gasteiger partial charge in [-0.05, 0) is 42.8 Å². The van der Waals surface area contributed by atoms with Crippen molar-refractivity contribution in [2.24, 2.45) is 10.2 Å². The molecule has 3 rings (SSSR count). The van der Waals surface area contributed by atoms with Gasteiger partial charge < -0.3 is 14.8 Å². The Morgan fingerprint density at radius 3 is 1.87 bits per heavy atom. The summed E-state index contributed by atoms with van der Waals surface area (Å²) in [5.41, 5.74) is 7.75.